The minimum absolute atomic E-state index is 0.0697. The second kappa shape index (κ2) is 4.92. The molecule has 0 spiro atoms. The average Bonchev–Trinajstić information content (AvgIpc) is 2.81. The molecule has 2 rings (SSSR count). The first-order valence-corrected chi connectivity index (χ1v) is 7.51. The molecule has 0 amide bonds. The van der Waals surface area contributed by atoms with Crippen molar-refractivity contribution < 1.29 is 19.8 Å². The Balaban J connectivity index is 2.01. The quantitative estimate of drug-likeness (QED) is 0.577. The monoisotopic (exact) mass is 292 g/mol. The Morgan fingerprint density at radius 2 is 1.83 bits per heavy atom. The summed E-state index contributed by atoms with van der Waals surface area (Å²) in [6.45, 7) is 3.77. The van der Waals surface area contributed by atoms with E-state index in [4.69, 9.17) is 10.2 Å². The van der Waals surface area contributed by atoms with Crippen LogP contribution in [0.3, 0.4) is 0 Å². The molecule has 2 saturated heterocycles. The van der Waals surface area contributed by atoms with Crippen LogP contribution in [-0.4, -0.2) is 55.5 Å². The van der Waals surface area contributed by atoms with Crippen molar-refractivity contribution in [3.05, 3.63) is 0 Å². The first-order valence-electron chi connectivity index (χ1n) is 5.58. The molecule has 102 valence electrons. The number of rotatable bonds is 3. The number of thioether (sulfide) groups is 2. The second-order valence-electron chi connectivity index (χ2n) is 4.89. The molecule has 2 heterocycles. The zero-order valence-corrected chi connectivity index (χ0v) is 11.7. The minimum atomic E-state index is -0.868. The highest BCUT2D eigenvalue weighted by atomic mass is 32.2. The van der Waals surface area contributed by atoms with Crippen molar-refractivity contribution in [2.75, 3.05) is 5.75 Å². The van der Waals surface area contributed by atoms with Crippen molar-refractivity contribution in [3.8, 4) is 0 Å². The molecule has 0 saturated carbocycles. The van der Waals surface area contributed by atoms with Gasteiger partial charge in [0.2, 0.25) is 0 Å². The average molecular weight is 292 g/mol. The summed E-state index contributed by atoms with van der Waals surface area (Å²) in [7, 11) is 0. The van der Waals surface area contributed by atoms with Gasteiger partial charge < -0.3 is 10.2 Å². The molecule has 4 unspecified atom stereocenters. The second-order valence-corrected chi connectivity index (χ2v) is 7.86. The van der Waals surface area contributed by atoms with Crippen molar-refractivity contribution in [2.45, 2.75) is 41.4 Å². The molecular formula is C10H16N2O4S2. The molecule has 4 N–H and O–H groups in total. The highest BCUT2D eigenvalue weighted by Crippen LogP contribution is 2.42. The van der Waals surface area contributed by atoms with Gasteiger partial charge in [-0.2, -0.15) is 0 Å². The lowest BCUT2D eigenvalue weighted by Gasteiger charge is -2.21. The molecule has 0 radical (unpaired) electrons. The van der Waals surface area contributed by atoms with Gasteiger partial charge >= 0.3 is 11.9 Å². The van der Waals surface area contributed by atoms with Gasteiger partial charge in [0.15, 0.2) is 0 Å². The third-order valence-electron chi connectivity index (χ3n) is 3.08. The maximum atomic E-state index is 11.2. The maximum absolute atomic E-state index is 11.2. The van der Waals surface area contributed by atoms with E-state index >= 15 is 0 Å². The third-order valence-corrected chi connectivity index (χ3v) is 6.06. The highest BCUT2D eigenvalue weighted by molar-refractivity contribution is 8.04. The van der Waals surface area contributed by atoms with Crippen LogP contribution in [-0.2, 0) is 9.59 Å². The summed E-state index contributed by atoms with van der Waals surface area (Å²) in [4.78, 5) is 22.0. The van der Waals surface area contributed by atoms with E-state index in [1.54, 1.807) is 11.8 Å². The van der Waals surface area contributed by atoms with Crippen LogP contribution in [0.5, 0.6) is 0 Å². The molecule has 8 heteroatoms. The molecule has 6 nitrogen and oxygen atoms in total. The van der Waals surface area contributed by atoms with Crippen molar-refractivity contribution in [2.24, 2.45) is 0 Å². The number of hydrogen-bond acceptors (Lipinski definition) is 6. The van der Waals surface area contributed by atoms with E-state index in [-0.39, 0.29) is 10.7 Å². The molecule has 18 heavy (non-hydrogen) atoms. The fourth-order valence-electron chi connectivity index (χ4n) is 2.12. The van der Waals surface area contributed by atoms with Crippen molar-refractivity contribution in [3.63, 3.8) is 0 Å². The Morgan fingerprint density at radius 1 is 1.17 bits per heavy atom. The molecular weight excluding hydrogens is 276 g/mol. The lowest BCUT2D eigenvalue weighted by atomic mass is 10.0. The van der Waals surface area contributed by atoms with Crippen LogP contribution in [0, 0.1) is 0 Å². The van der Waals surface area contributed by atoms with Gasteiger partial charge in [-0.05, 0) is 13.8 Å². The summed E-state index contributed by atoms with van der Waals surface area (Å²) in [5.74, 6) is -1.22. The van der Waals surface area contributed by atoms with Crippen LogP contribution in [0.25, 0.3) is 0 Å². The smallest absolute Gasteiger partial charge is 0.322 e. The van der Waals surface area contributed by atoms with E-state index in [1.807, 2.05) is 13.8 Å². The van der Waals surface area contributed by atoms with Gasteiger partial charge in [-0.1, -0.05) is 0 Å². The fraction of sp³-hybridized carbons (Fsp3) is 0.800. The largest absolute Gasteiger partial charge is 0.480 e. The molecule has 0 aromatic heterocycles. The van der Waals surface area contributed by atoms with Crippen LogP contribution in [0.1, 0.15) is 13.8 Å². The molecule has 2 fully saturated rings. The minimum Gasteiger partial charge on any atom is -0.480 e. The number of aliphatic carboxylic acids is 2. The standard InChI is InChI=1S/C10H16N2O4S2/c1-10(2)5(9(15)16)12-7(18-10)6-11-4(3-17-6)8(13)14/h4-7,11-12H,3H2,1-2H3,(H,13,14)(H,15,16). The normalized spacial score (nSPS) is 38.8. The molecule has 0 aromatic rings. The Bertz CT molecular complexity index is 377. The summed E-state index contributed by atoms with van der Waals surface area (Å²) >= 11 is 3.07. The van der Waals surface area contributed by atoms with Crippen molar-refractivity contribution in [1.82, 2.24) is 10.6 Å². The summed E-state index contributed by atoms with van der Waals surface area (Å²) in [6.07, 6.45) is 0. The Kier molecular flexibility index (Phi) is 3.82. The lowest BCUT2D eigenvalue weighted by Crippen LogP contribution is -2.49. The summed E-state index contributed by atoms with van der Waals surface area (Å²) in [6, 6.07) is -1.16. The van der Waals surface area contributed by atoms with E-state index in [1.165, 1.54) is 11.8 Å². The Morgan fingerprint density at radius 3 is 2.28 bits per heavy atom. The SMILES string of the molecule is CC1(C)SC(C2NC(C(=O)O)CS2)NC1C(=O)O. The molecule has 2 aliphatic heterocycles. The van der Waals surface area contributed by atoms with Crippen LogP contribution < -0.4 is 10.6 Å². The van der Waals surface area contributed by atoms with Gasteiger partial charge in [0.05, 0.1) is 10.7 Å². The van der Waals surface area contributed by atoms with E-state index in [0.717, 1.165) is 0 Å². The van der Waals surface area contributed by atoms with Gasteiger partial charge in [-0.25, -0.2) is 0 Å². The zero-order valence-electron chi connectivity index (χ0n) is 10.0. The lowest BCUT2D eigenvalue weighted by molar-refractivity contribution is -0.140. The van der Waals surface area contributed by atoms with Crippen LogP contribution >= 0.6 is 23.5 Å². The van der Waals surface area contributed by atoms with Crippen molar-refractivity contribution in [1.29, 1.82) is 0 Å². The molecule has 0 aromatic carbocycles. The van der Waals surface area contributed by atoms with Gasteiger partial charge in [0.1, 0.15) is 12.1 Å². The Hall–Kier alpha value is -0.440. The Labute approximate surface area is 113 Å². The molecule has 4 atom stereocenters. The number of carboxylic acids is 2. The number of hydrogen-bond donors (Lipinski definition) is 4. The summed E-state index contributed by atoms with van der Waals surface area (Å²) in [5.41, 5.74) is 0. The summed E-state index contributed by atoms with van der Waals surface area (Å²) < 4.78 is -0.403. The van der Waals surface area contributed by atoms with E-state index in [0.29, 0.717) is 5.75 Å². The van der Waals surface area contributed by atoms with Crippen LogP contribution in [0.15, 0.2) is 0 Å². The van der Waals surface area contributed by atoms with E-state index < -0.39 is 28.8 Å². The van der Waals surface area contributed by atoms with Gasteiger partial charge in [0.25, 0.3) is 0 Å². The first kappa shape index (κ1) is 14.0. The molecule has 0 bridgehead atoms. The van der Waals surface area contributed by atoms with Gasteiger partial charge in [-0.3, -0.25) is 20.2 Å². The van der Waals surface area contributed by atoms with Crippen LogP contribution in [0.4, 0.5) is 0 Å². The third kappa shape index (κ3) is 2.61. The maximum Gasteiger partial charge on any atom is 0.322 e. The van der Waals surface area contributed by atoms with Crippen LogP contribution in [0.2, 0.25) is 0 Å². The van der Waals surface area contributed by atoms with E-state index in [9.17, 15) is 9.59 Å². The number of carbonyl (C=O) groups is 2. The predicted octanol–water partition coefficient (Wildman–Crippen LogP) is -0.00360. The van der Waals surface area contributed by atoms with Gasteiger partial charge in [0, 0.05) is 10.5 Å². The van der Waals surface area contributed by atoms with Crippen molar-refractivity contribution >= 4 is 35.5 Å². The number of nitrogens with one attached hydrogen (secondary N) is 2. The zero-order chi connectivity index (χ0) is 13.5. The van der Waals surface area contributed by atoms with E-state index in [2.05, 4.69) is 10.6 Å². The predicted molar refractivity (Wildman–Crippen MR) is 70.8 cm³/mol. The topological polar surface area (TPSA) is 98.7 Å². The number of carboxylic acid groups (broad SMARTS) is 2. The molecule has 2 aliphatic rings. The summed E-state index contributed by atoms with van der Waals surface area (Å²) in [5, 5.41) is 24.0. The molecule has 0 aliphatic carbocycles. The first-order chi connectivity index (χ1) is 8.31. The fourth-order valence-corrected chi connectivity index (χ4v) is 5.04. The highest BCUT2D eigenvalue weighted by Gasteiger charge is 2.49. The van der Waals surface area contributed by atoms with Gasteiger partial charge in [-0.15, -0.1) is 23.5 Å².